The molecule has 2 nitrogen and oxygen atoms in total. The summed E-state index contributed by atoms with van der Waals surface area (Å²) in [5, 5.41) is 3.40. The number of aryl methyl sites for hydroxylation is 1. The summed E-state index contributed by atoms with van der Waals surface area (Å²) < 4.78 is 0. The zero-order valence-electron chi connectivity index (χ0n) is 11.0. The Morgan fingerprint density at radius 1 is 1.18 bits per heavy atom. The third kappa shape index (κ3) is 5.87. The highest BCUT2D eigenvalue weighted by atomic mass is 32.2. The van der Waals surface area contributed by atoms with Gasteiger partial charge in [-0.3, -0.25) is 0 Å². The zero-order valence-corrected chi connectivity index (χ0v) is 11.8. The van der Waals surface area contributed by atoms with Gasteiger partial charge in [0.05, 0.1) is 11.4 Å². The lowest BCUT2D eigenvalue weighted by Crippen LogP contribution is -2.04. The Labute approximate surface area is 109 Å². The zero-order chi connectivity index (χ0) is 12.5. The van der Waals surface area contributed by atoms with Crippen molar-refractivity contribution in [2.75, 3.05) is 29.6 Å². The summed E-state index contributed by atoms with van der Waals surface area (Å²) in [5.41, 5.74) is 9.07. The van der Waals surface area contributed by atoms with E-state index in [1.807, 2.05) is 17.8 Å². The molecule has 0 aromatic heterocycles. The van der Waals surface area contributed by atoms with Gasteiger partial charge in [0.25, 0.3) is 0 Å². The molecule has 0 amide bonds. The van der Waals surface area contributed by atoms with Gasteiger partial charge in [0.1, 0.15) is 0 Å². The topological polar surface area (TPSA) is 38.0 Å². The van der Waals surface area contributed by atoms with Crippen molar-refractivity contribution >= 4 is 23.1 Å². The van der Waals surface area contributed by atoms with E-state index < -0.39 is 0 Å². The molecule has 1 rings (SSSR count). The van der Waals surface area contributed by atoms with Gasteiger partial charge in [-0.2, -0.15) is 11.8 Å². The van der Waals surface area contributed by atoms with Gasteiger partial charge in [0, 0.05) is 6.54 Å². The van der Waals surface area contributed by atoms with Crippen LogP contribution in [0.25, 0.3) is 0 Å². The molecule has 0 spiro atoms. The number of benzene rings is 1. The molecule has 0 atom stereocenters. The average molecular weight is 252 g/mol. The summed E-state index contributed by atoms with van der Waals surface area (Å²) in [6.07, 6.45) is 7.38. The minimum Gasteiger partial charge on any atom is -0.397 e. The quantitative estimate of drug-likeness (QED) is 0.544. The van der Waals surface area contributed by atoms with Crippen LogP contribution in [0.15, 0.2) is 18.2 Å². The fourth-order valence-corrected chi connectivity index (χ4v) is 2.28. The number of hydrogen-bond acceptors (Lipinski definition) is 3. The van der Waals surface area contributed by atoms with Crippen molar-refractivity contribution in [3.8, 4) is 0 Å². The molecule has 0 aliphatic carbocycles. The first-order chi connectivity index (χ1) is 8.24. The van der Waals surface area contributed by atoms with Crippen molar-refractivity contribution in [1.29, 1.82) is 0 Å². The van der Waals surface area contributed by atoms with Crippen molar-refractivity contribution in [1.82, 2.24) is 0 Å². The second kappa shape index (κ2) is 8.29. The van der Waals surface area contributed by atoms with E-state index in [1.165, 1.54) is 37.0 Å². The van der Waals surface area contributed by atoms with Crippen LogP contribution in [0.2, 0.25) is 0 Å². The second-order valence-corrected chi connectivity index (χ2v) is 5.41. The molecule has 0 aliphatic rings. The van der Waals surface area contributed by atoms with Crippen molar-refractivity contribution < 1.29 is 0 Å². The lowest BCUT2D eigenvalue weighted by atomic mass is 10.2. The van der Waals surface area contributed by atoms with Crippen molar-refractivity contribution in [3.63, 3.8) is 0 Å². The molecule has 3 heteroatoms. The SMILES string of the molecule is CSCCCCCCNc1ccc(C)cc1N. The first kappa shape index (κ1) is 14.2. The van der Waals surface area contributed by atoms with Gasteiger partial charge < -0.3 is 11.1 Å². The third-order valence-electron chi connectivity index (χ3n) is 2.80. The first-order valence-corrected chi connectivity index (χ1v) is 7.72. The van der Waals surface area contributed by atoms with E-state index in [2.05, 4.69) is 30.6 Å². The number of thioether (sulfide) groups is 1. The first-order valence-electron chi connectivity index (χ1n) is 6.33. The van der Waals surface area contributed by atoms with Gasteiger partial charge in [-0.05, 0) is 49.5 Å². The highest BCUT2D eigenvalue weighted by molar-refractivity contribution is 7.98. The van der Waals surface area contributed by atoms with Gasteiger partial charge in [-0.1, -0.05) is 18.9 Å². The molecule has 0 unspecified atom stereocenters. The number of nitrogens with one attached hydrogen (secondary N) is 1. The van der Waals surface area contributed by atoms with Gasteiger partial charge in [-0.15, -0.1) is 0 Å². The van der Waals surface area contributed by atoms with Crippen LogP contribution in [0.5, 0.6) is 0 Å². The van der Waals surface area contributed by atoms with E-state index in [0.29, 0.717) is 0 Å². The Balaban J connectivity index is 2.14. The highest BCUT2D eigenvalue weighted by Gasteiger charge is 1.97. The Morgan fingerprint density at radius 2 is 1.94 bits per heavy atom. The number of unbranched alkanes of at least 4 members (excludes halogenated alkanes) is 3. The lowest BCUT2D eigenvalue weighted by molar-refractivity contribution is 0.689. The van der Waals surface area contributed by atoms with Gasteiger partial charge >= 0.3 is 0 Å². The standard InChI is InChI=1S/C14H24N2S/c1-12-7-8-14(13(15)11-12)16-9-5-3-4-6-10-17-2/h7-8,11,16H,3-6,9-10,15H2,1-2H3. The van der Waals surface area contributed by atoms with E-state index >= 15 is 0 Å². The maximum absolute atomic E-state index is 5.94. The smallest absolute Gasteiger partial charge is 0.0574 e. The minimum absolute atomic E-state index is 0.854. The number of nitrogen functional groups attached to an aromatic ring is 1. The van der Waals surface area contributed by atoms with E-state index in [9.17, 15) is 0 Å². The average Bonchev–Trinajstić information content (AvgIpc) is 2.30. The van der Waals surface area contributed by atoms with E-state index in [0.717, 1.165) is 17.9 Å². The number of hydrogen-bond donors (Lipinski definition) is 2. The van der Waals surface area contributed by atoms with E-state index in [-0.39, 0.29) is 0 Å². The Kier molecular flexibility index (Phi) is 6.94. The largest absolute Gasteiger partial charge is 0.397 e. The van der Waals surface area contributed by atoms with Crippen molar-refractivity contribution in [3.05, 3.63) is 23.8 Å². The molecular formula is C14H24N2S. The molecule has 0 fully saturated rings. The molecule has 1 aromatic carbocycles. The summed E-state index contributed by atoms with van der Waals surface area (Å²) >= 11 is 1.93. The summed E-state index contributed by atoms with van der Waals surface area (Å²) in [6, 6.07) is 6.18. The second-order valence-electron chi connectivity index (χ2n) is 4.42. The fourth-order valence-electron chi connectivity index (χ4n) is 1.79. The number of rotatable bonds is 8. The van der Waals surface area contributed by atoms with Crippen LogP contribution in [0, 0.1) is 6.92 Å². The third-order valence-corrected chi connectivity index (χ3v) is 3.49. The fraction of sp³-hybridized carbons (Fsp3) is 0.571. The molecule has 0 saturated carbocycles. The van der Waals surface area contributed by atoms with Crippen LogP contribution in [-0.2, 0) is 0 Å². The molecule has 0 saturated heterocycles. The Bertz CT molecular complexity index is 326. The summed E-state index contributed by atoms with van der Waals surface area (Å²) in [7, 11) is 0. The molecule has 3 N–H and O–H groups in total. The van der Waals surface area contributed by atoms with Crippen LogP contribution in [0.4, 0.5) is 11.4 Å². The predicted molar refractivity (Wildman–Crippen MR) is 80.9 cm³/mol. The lowest BCUT2D eigenvalue weighted by Gasteiger charge is -2.09. The molecular weight excluding hydrogens is 228 g/mol. The molecule has 96 valence electrons. The van der Waals surface area contributed by atoms with E-state index in [1.54, 1.807) is 0 Å². The molecule has 1 aromatic rings. The Morgan fingerprint density at radius 3 is 2.65 bits per heavy atom. The van der Waals surface area contributed by atoms with Gasteiger partial charge in [0.15, 0.2) is 0 Å². The molecule has 17 heavy (non-hydrogen) atoms. The number of nitrogens with two attached hydrogens (primary N) is 1. The van der Waals surface area contributed by atoms with Crippen molar-refractivity contribution in [2.24, 2.45) is 0 Å². The molecule has 0 radical (unpaired) electrons. The minimum atomic E-state index is 0.854. The number of anilines is 2. The molecule has 0 heterocycles. The van der Waals surface area contributed by atoms with Gasteiger partial charge in [0.2, 0.25) is 0 Å². The van der Waals surface area contributed by atoms with Crippen molar-refractivity contribution in [2.45, 2.75) is 32.6 Å². The van der Waals surface area contributed by atoms with Crippen LogP contribution in [-0.4, -0.2) is 18.6 Å². The highest BCUT2D eigenvalue weighted by Crippen LogP contribution is 2.19. The normalized spacial score (nSPS) is 10.5. The monoisotopic (exact) mass is 252 g/mol. The molecule has 0 aliphatic heterocycles. The van der Waals surface area contributed by atoms with Crippen LogP contribution in [0.3, 0.4) is 0 Å². The maximum atomic E-state index is 5.94. The maximum Gasteiger partial charge on any atom is 0.0574 e. The summed E-state index contributed by atoms with van der Waals surface area (Å²) in [6.45, 7) is 3.08. The van der Waals surface area contributed by atoms with E-state index in [4.69, 9.17) is 5.73 Å². The van der Waals surface area contributed by atoms with Crippen LogP contribution in [0.1, 0.15) is 31.2 Å². The molecule has 0 bridgehead atoms. The van der Waals surface area contributed by atoms with Crippen LogP contribution < -0.4 is 11.1 Å². The van der Waals surface area contributed by atoms with Crippen LogP contribution >= 0.6 is 11.8 Å². The Hall–Kier alpha value is -0.830. The summed E-state index contributed by atoms with van der Waals surface area (Å²) in [4.78, 5) is 0. The predicted octanol–water partition coefficient (Wildman–Crippen LogP) is 3.91. The van der Waals surface area contributed by atoms with Gasteiger partial charge in [-0.25, -0.2) is 0 Å². The summed E-state index contributed by atoms with van der Waals surface area (Å²) in [5.74, 6) is 1.29.